The molecule has 0 unspecified atom stereocenters. The molecule has 2 saturated heterocycles. The Kier molecular flexibility index (Phi) is 5.74. The van der Waals surface area contributed by atoms with Crippen molar-refractivity contribution in [3.05, 3.63) is 29.3 Å². The van der Waals surface area contributed by atoms with Crippen molar-refractivity contribution >= 4 is 52.1 Å². The Morgan fingerprint density at radius 2 is 1.81 bits per heavy atom. The quantitative estimate of drug-likeness (QED) is 0.630. The van der Waals surface area contributed by atoms with Gasteiger partial charge in [0.1, 0.15) is 5.84 Å². The van der Waals surface area contributed by atoms with Crippen molar-refractivity contribution in [2.45, 2.75) is 46.2 Å². The predicted molar refractivity (Wildman–Crippen MR) is 120 cm³/mol. The fourth-order valence-electron chi connectivity index (χ4n) is 3.73. The number of rotatable bonds is 2. The van der Waals surface area contributed by atoms with Crippen molar-refractivity contribution in [2.75, 3.05) is 29.5 Å². The number of amidine groups is 1. The van der Waals surface area contributed by atoms with Crippen LogP contribution in [0.5, 0.6) is 0 Å². The molecule has 0 bridgehead atoms. The zero-order valence-electron chi connectivity index (χ0n) is 16.3. The normalized spacial score (nSPS) is 25.9. The first-order chi connectivity index (χ1) is 12.1. The van der Waals surface area contributed by atoms with Gasteiger partial charge in [-0.2, -0.15) is 11.8 Å². The van der Waals surface area contributed by atoms with Crippen LogP contribution in [0.2, 0.25) is 5.02 Å². The third kappa shape index (κ3) is 3.82. The number of para-hydroxylation sites is 1. The Morgan fingerprint density at radius 3 is 2.38 bits per heavy atom. The van der Waals surface area contributed by atoms with Crippen molar-refractivity contribution in [1.29, 1.82) is 0 Å². The Hall–Kier alpha value is -0.620. The van der Waals surface area contributed by atoms with Gasteiger partial charge in [0.25, 0.3) is 0 Å². The smallest absolute Gasteiger partial charge is 0.127 e. The van der Waals surface area contributed by atoms with Crippen molar-refractivity contribution in [3.8, 4) is 0 Å². The maximum Gasteiger partial charge on any atom is 0.127 e. The summed E-state index contributed by atoms with van der Waals surface area (Å²) >= 11 is 14.6. The van der Waals surface area contributed by atoms with E-state index in [9.17, 15) is 0 Å². The van der Waals surface area contributed by atoms with Crippen molar-refractivity contribution < 1.29 is 0 Å². The van der Waals surface area contributed by atoms with Crippen LogP contribution in [0.3, 0.4) is 0 Å². The molecule has 2 fully saturated rings. The van der Waals surface area contributed by atoms with E-state index in [1.54, 1.807) is 0 Å². The average Bonchev–Trinajstić information content (AvgIpc) is 2.74. The largest absolute Gasteiger partial charge is 0.291 e. The molecular weight excluding hydrogens is 382 g/mol. The van der Waals surface area contributed by atoms with Crippen LogP contribution in [0.25, 0.3) is 0 Å². The number of aliphatic imine (C=N–C) groups is 1. The fourth-order valence-corrected chi connectivity index (χ4v) is 5.19. The number of anilines is 1. The summed E-state index contributed by atoms with van der Waals surface area (Å²) in [6.07, 6.45) is 0. The molecule has 0 radical (unpaired) electrons. The first kappa shape index (κ1) is 20.1. The minimum Gasteiger partial charge on any atom is -0.291 e. The summed E-state index contributed by atoms with van der Waals surface area (Å²) < 4.78 is 0. The Bertz CT molecular complexity index is 718. The number of halogens is 1. The number of hydrogen-bond donors (Lipinski definition) is 0. The molecule has 3 nitrogen and oxygen atoms in total. The van der Waals surface area contributed by atoms with Crippen LogP contribution in [-0.4, -0.2) is 51.9 Å². The van der Waals surface area contributed by atoms with Crippen molar-refractivity contribution in [2.24, 2.45) is 10.4 Å². The van der Waals surface area contributed by atoms with E-state index >= 15 is 0 Å². The molecule has 1 aromatic rings. The van der Waals surface area contributed by atoms with Gasteiger partial charge < -0.3 is 0 Å². The van der Waals surface area contributed by atoms with Gasteiger partial charge >= 0.3 is 0 Å². The maximum atomic E-state index is 6.56. The van der Waals surface area contributed by atoms with Gasteiger partial charge in [-0.05, 0) is 32.9 Å². The zero-order valence-corrected chi connectivity index (χ0v) is 18.6. The molecule has 0 aliphatic carbocycles. The molecule has 0 saturated carbocycles. The predicted octanol–water partition coefficient (Wildman–Crippen LogP) is 5.13. The summed E-state index contributed by atoms with van der Waals surface area (Å²) in [6, 6.07) is 8.10. The highest BCUT2D eigenvalue weighted by molar-refractivity contribution is 7.99. The number of thioether (sulfide) groups is 1. The van der Waals surface area contributed by atoms with E-state index in [1.165, 1.54) is 0 Å². The van der Waals surface area contributed by atoms with Gasteiger partial charge in [-0.1, -0.05) is 49.8 Å². The average molecular weight is 410 g/mol. The molecule has 1 aromatic carbocycles. The molecule has 6 heteroatoms. The summed E-state index contributed by atoms with van der Waals surface area (Å²) in [4.78, 5) is 10.8. The number of benzene rings is 1. The lowest BCUT2D eigenvalue weighted by Gasteiger charge is -2.38. The summed E-state index contributed by atoms with van der Waals surface area (Å²) in [5, 5.41) is 0.710. The van der Waals surface area contributed by atoms with Gasteiger partial charge in [-0.25, -0.2) is 0 Å². The molecule has 2 aliphatic rings. The summed E-state index contributed by atoms with van der Waals surface area (Å²) in [7, 11) is 0. The van der Waals surface area contributed by atoms with E-state index in [1.807, 2.05) is 36.0 Å². The highest BCUT2D eigenvalue weighted by Crippen LogP contribution is 2.43. The lowest BCUT2D eigenvalue weighted by molar-refractivity contribution is 0.201. The molecule has 2 aliphatic heterocycles. The Balaban J connectivity index is 2.15. The lowest BCUT2D eigenvalue weighted by Crippen LogP contribution is -2.51. The third-order valence-electron chi connectivity index (χ3n) is 4.87. The minimum absolute atomic E-state index is 0.173. The second-order valence-corrected chi connectivity index (χ2v) is 10.5. The summed E-state index contributed by atoms with van der Waals surface area (Å²) in [5.74, 6) is 3.36. The standard InChI is InChI=1S/C20H28ClN3S2/c1-19(2,3)22-17-16(23-10-12-26-13-11-23)20(4,5)18(25)24(17)15-9-7-6-8-14(15)21/h6-9,16H,10-13H2,1-5H3/t16-/m0/s1. The van der Waals surface area contributed by atoms with Gasteiger partial charge in [-0.3, -0.25) is 14.8 Å². The molecule has 3 rings (SSSR count). The highest BCUT2D eigenvalue weighted by atomic mass is 35.5. The molecule has 0 aromatic heterocycles. The van der Waals surface area contributed by atoms with Gasteiger partial charge in [0, 0.05) is 30.0 Å². The fraction of sp³-hybridized carbons (Fsp3) is 0.600. The van der Waals surface area contributed by atoms with Crippen molar-refractivity contribution in [1.82, 2.24) is 4.90 Å². The Labute approximate surface area is 172 Å². The second kappa shape index (κ2) is 7.42. The molecule has 2 heterocycles. The molecule has 1 atom stereocenters. The van der Waals surface area contributed by atoms with E-state index in [0.29, 0.717) is 5.02 Å². The van der Waals surface area contributed by atoms with E-state index in [4.69, 9.17) is 28.8 Å². The van der Waals surface area contributed by atoms with E-state index in [2.05, 4.69) is 44.4 Å². The third-order valence-corrected chi connectivity index (χ3v) is 6.84. The number of thiocarbonyl (C=S) groups is 1. The van der Waals surface area contributed by atoms with Gasteiger partial charge in [0.15, 0.2) is 0 Å². The Morgan fingerprint density at radius 1 is 1.19 bits per heavy atom. The molecule has 0 spiro atoms. The molecule has 0 amide bonds. The van der Waals surface area contributed by atoms with Crippen LogP contribution in [0.15, 0.2) is 29.3 Å². The monoisotopic (exact) mass is 409 g/mol. The van der Waals surface area contributed by atoms with Gasteiger partial charge in [0.05, 0.1) is 27.3 Å². The first-order valence-electron chi connectivity index (χ1n) is 9.13. The van der Waals surface area contributed by atoms with Gasteiger partial charge in [0.2, 0.25) is 0 Å². The molecule has 26 heavy (non-hydrogen) atoms. The van der Waals surface area contributed by atoms with Crippen LogP contribution in [0.4, 0.5) is 5.69 Å². The van der Waals surface area contributed by atoms with Gasteiger partial charge in [-0.15, -0.1) is 0 Å². The number of nitrogens with zero attached hydrogens (tertiary/aromatic N) is 3. The number of hydrogen-bond acceptors (Lipinski definition) is 4. The second-order valence-electron chi connectivity index (χ2n) is 8.51. The van der Waals surface area contributed by atoms with Crippen LogP contribution >= 0.6 is 35.6 Å². The van der Waals surface area contributed by atoms with Crippen LogP contribution in [0.1, 0.15) is 34.6 Å². The van der Waals surface area contributed by atoms with E-state index in [0.717, 1.165) is 41.1 Å². The maximum absolute atomic E-state index is 6.56. The first-order valence-corrected chi connectivity index (χ1v) is 11.1. The summed E-state index contributed by atoms with van der Waals surface area (Å²) in [6.45, 7) is 13.1. The molecule has 0 N–H and O–H groups in total. The lowest BCUT2D eigenvalue weighted by atomic mass is 9.85. The topological polar surface area (TPSA) is 18.8 Å². The summed E-state index contributed by atoms with van der Waals surface area (Å²) in [5.41, 5.74) is 0.568. The zero-order chi connectivity index (χ0) is 19.1. The highest BCUT2D eigenvalue weighted by Gasteiger charge is 2.52. The van der Waals surface area contributed by atoms with E-state index < -0.39 is 0 Å². The molecular formula is C20H28ClN3S2. The van der Waals surface area contributed by atoms with Crippen LogP contribution < -0.4 is 4.90 Å². The van der Waals surface area contributed by atoms with E-state index in [-0.39, 0.29) is 17.0 Å². The van der Waals surface area contributed by atoms with Crippen LogP contribution in [0, 0.1) is 5.41 Å². The minimum atomic E-state index is -0.187. The molecule has 142 valence electrons. The SMILES string of the molecule is CC(C)(C)N=C1[C@H](N2CCSCC2)C(C)(C)C(=S)N1c1ccccc1Cl. The van der Waals surface area contributed by atoms with Crippen LogP contribution in [-0.2, 0) is 0 Å². The van der Waals surface area contributed by atoms with Crippen molar-refractivity contribution in [3.63, 3.8) is 0 Å².